The molecular formula is C12H9FN4O2. The number of carboxylic acid groups (broad SMARTS) is 1. The van der Waals surface area contributed by atoms with E-state index in [9.17, 15) is 9.18 Å². The van der Waals surface area contributed by atoms with Crippen molar-refractivity contribution in [1.82, 2.24) is 19.6 Å². The van der Waals surface area contributed by atoms with Gasteiger partial charge in [-0.2, -0.15) is 4.98 Å². The zero-order valence-corrected chi connectivity index (χ0v) is 9.67. The van der Waals surface area contributed by atoms with Gasteiger partial charge in [0.25, 0.3) is 5.78 Å². The molecule has 1 aromatic carbocycles. The Hall–Kier alpha value is -2.70. The summed E-state index contributed by atoms with van der Waals surface area (Å²) in [6.45, 7) is 0. The average molecular weight is 260 g/mol. The van der Waals surface area contributed by atoms with Crippen molar-refractivity contribution < 1.29 is 14.3 Å². The summed E-state index contributed by atoms with van der Waals surface area (Å²) in [7, 11) is 0. The van der Waals surface area contributed by atoms with Crippen LogP contribution in [0.5, 0.6) is 0 Å². The smallest absolute Gasteiger partial charge is 0.309 e. The van der Waals surface area contributed by atoms with Crippen LogP contribution in [-0.2, 0) is 11.2 Å². The minimum absolute atomic E-state index is 0.174. The van der Waals surface area contributed by atoms with E-state index in [2.05, 4.69) is 15.1 Å². The highest BCUT2D eigenvalue weighted by atomic mass is 19.1. The van der Waals surface area contributed by atoms with Gasteiger partial charge in [0, 0.05) is 0 Å². The number of H-pyrrole nitrogens is 1. The van der Waals surface area contributed by atoms with Crippen LogP contribution in [0, 0.1) is 5.82 Å². The molecule has 3 aromatic rings. The molecular weight excluding hydrogens is 251 g/mol. The summed E-state index contributed by atoms with van der Waals surface area (Å²) in [5.41, 5.74) is 0.735. The summed E-state index contributed by atoms with van der Waals surface area (Å²) >= 11 is 0. The van der Waals surface area contributed by atoms with Gasteiger partial charge in [0.15, 0.2) is 5.82 Å². The fourth-order valence-electron chi connectivity index (χ4n) is 1.83. The van der Waals surface area contributed by atoms with Gasteiger partial charge in [0.1, 0.15) is 5.82 Å². The number of carbonyl (C=O) groups is 1. The van der Waals surface area contributed by atoms with Gasteiger partial charge in [0.05, 0.1) is 23.9 Å². The predicted molar refractivity (Wildman–Crippen MR) is 64.1 cm³/mol. The summed E-state index contributed by atoms with van der Waals surface area (Å²) in [5.74, 6) is -0.683. The Morgan fingerprint density at radius 1 is 1.37 bits per heavy atom. The van der Waals surface area contributed by atoms with Crippen LogP contribution in [0.3, 0.4) is 0 Å². The zero-order valence-electron chi connectivity index (χ0n) is 9.67. The molecule has 2 heterocycles. The van der Waals surface area contributed by atoms with E-state index in [1.54, 1.807) is 18.2 Å². The van der Waals surface area contributed by atoms with Crippen LogP contribution in [0.25, 0.3) is 17.2 Å². The Bertz CT molecular complexity index is 731. The third-order valence-electron chi connectivity index (χ3n) is 2.64. The maximum atomic E-state index is 13.6. The van der Waals surface area contributed by atoms with Gasteiger partial charge in [-0.15, -0.1) is 0 Å². The van der Waals surface area contributed by atoms with Crippen LogP contribution < -0.4 is 0 Å². The lowest BCUT2D eigenvalue weighted by atomic mass is 10.2. The Morgan fingerprint density at radius 3 is 2.84 bits per heavy atom. The van der Waals surface area contributed by atoms with Gasteiger partial charge in [-0.05, 0) is 12.1 Å². The zero-order chi connectivity index (χ0) is 13.4. The molecule has 0 saturated heterocycles. The molecule has 0 aliphatic heterocycles. The van der Waals surface area contributed by atoms with Crippen molar-refractivity contribution in [3.05, 3.63) is 42.0 Å². The Kier molecular flexibility index (Phi) is 2.52. The lowest BCUT2D eigenvalue weighted by Gasteiger charge is -1.96. The van der Waals surface area contributed by atoms with Gasteiger partial charge in [-0.25, -0.2) is 13.9 Å². The largest absolute Gasteiger partial charge is 0.481 e. The Labute approximate surface area is 106 Å². The van der Waals surface area contributed by atoms with Crippen molar-refractivity contribution in [3.8, 4) is 11.4 Å². The third-order valence-corrected chi connectivity index (χ3v) is 2.64. The molecule has 0 atom stereocenters. The fourth-order valence-corrected chi connectivity index (χ4v) is 1.83. The van der Waals surface area contributed by atoms with Crippen molar-refractivity contribution in [3.63, 3.8) is 0 Å². The molecule has 6 nitrogen and oxygen atoms in total. The molecule has 0 saturated carbocycles. The number of aliphatic carboxylic acids is 1. The molecule has 0 amide bonds. The molecule has 96 valence electrons. The molecule has 2 aromatic heterocycles. The number of hydrogen-bond acceptors (Lipinski definition) is 3. The van der Waals surface area contributed by atoms with Gasteiger partial charge in [0.2, 0.25) is 0 Å². The van der Waals surface area contributed by atoms with E-state index in [-0.39, 0.29) is 12.2 Å². The Balaban J connectivity index is 2.02. The molecule has 0 fully saturated rings. The van der Waals surface area contributed by atoms with E-state index < -0.39 is 5.97 Å². The highest BCUT2D eigenvalue weighted by Crippen LogP contribution is 2.19. The van der Waals surface area contributed by atoms with Crippen LogP contribution in [0.1, 0.15) is 5.69 Å². The fraction of sp³-hybridized carbons (Fsp3) is 0.0833. The van der Waals surface area contributed by atoms with Gasteiger partial charge in [-0.1, -0.05) is 12.1 Å². The number of fused-ring (bicyclic) bond motifs is 1. The molecule has 19 heavy (non-hydrogen) atoms. The highest BCUT2D eigenvalue weighted by molar-refractivity contribution is 5.69. The highest BCUT2D eigenvalue weighted by Gasteiger charge is 2.12. The number of imidazole rings is 1. The molecule has 0 aliphatic rings. The number of hydrogen-bond donors (Lipinski definition) is 2. The molecule has 0 unspecified atom stereocenters. The number of rotatable bonds is 3. The second kappa shape index (κ2) is 4.20. The summed E-state index contributed by atoms with van der Waals surface area (Å²) in [6.07, 6.45) is 1.35. The second-order valence-corrected chi connectivity index (χ2v) is 4.02. The predicted octanol–water partition coefficient (Wildman–Crippen LogP) is 1.49. The minimum Gasteiger partial charge on any atom is -0.481 e. The van der Waals surface area contributed by atoms with E-state index in [4.69, 9.17) is 5.11 Å². The lowest BCUT2D eigenvalue weighted by molar-refractivity contribution is -0.136. The monoisotopic (exact) mass is 260 g/mol. The normalized spacial score (nSPS) is 11.0. The number of nitrogens with one attached hydrogen (secondary N) is 1. The number of halogens is 1. The molecule has 2 N–H and O–H groups in total. The SMILES string of the molecule is O=C(O)Cc1cn2[nH]c(-c3ccccc3F)nc2n1. The summed E-state index contributed by atoms with van der Waals surface area (Å²) in [6, 6.07) is 6.25. The first-order valence-corrected chi connectivity index (χ1v) is 5.54. The molecule has 0 radical (unpaired) electrons. The maximum absolute atomic E-state index is 13.6. The first-order chi connectivity index (χ1) is 9.13. The van der Waals surface area contributed by atoms with Crippen molar-refractivity contribution in [2.75, 3.05) is 0 Å². The molecule has 0 aliphatic carbocycles. The Morgan fingerprint density at radius 2 is 2.16 bits per heavy atom. The molecule has 7 heteroatoms. The summed E-state index contributed by atoms with van der Waals surface area (Å²) in [4.78, 5) is 18.8. The van der Waals surface area contributed by atoms with Crippen molar-refractivity contribution in [1.29, 1.82) is 0 Å². The number of nitrogens with zero attached hydrogens (tertiary/aromatic N) is 3. The number of benzene rings is 1. The van der Waals surface area contributed by atoms with Gasteiger partial charge in [-0.3, -0.25) is 9.89 Å². The standard InChI is InChI=1S/C12H9FN4O2/c13-9-4-2-1-3-8(9)11-15-12-14-7(5-10(18)19)6-17(12)16-11/h1-4,6H,5H2,(H,18,19)(H,14,15,16). The average Bonchev–Trinajstić information content (AvgIpc) is 2.86. The first kappa shape index (κ1) is 11.4. The van der Waals surface area contributed by atoms with Crippen molar-refractivity contribution in [2.24, 2.45) is 0 Å². The van der Waals surface area contributed by atoms with Crippen LogP contribution in [0.2, 0.25) is 0 Å². The topological polar surface area (TPSA) is 83.3 Å². The first-order valence-electron chi connectivity index (χ1n) is 5.54. The van der Waals surface area contributed by atoms with E-state index in [1.807, 2.05) is 0 Å². The van der Waals surface area contributed by atoms with E-state index >= 15 is 0 Å². The molecule has 0 bridgehead atoms. The maximum Gasteiger partial charge on any atom is 0.309 e. The van der Waals surface area contributed by atoms with E-state index in [0.717, 1.165) is 0 Å². The van der Waals surface area contributed by atoms with Gasteiger partial charge < -0.3 is 5.11 Å². The van der Waals surface area contributed by atoms with Crippen LogP contribution in [0.4, 0.5) is 4.39 Å². The number of aromatic nitrogens is 4. The minimum atomic E-state index is -0.963. The van der Waals surface area contributed by atoms with E-state index in [0.29, 0.717) is 22.9 Å². The van der Waals surface area contributed by atoms with E-state index in [1.165, 1.54) is 16.8 Å². The van der Waals surface area contributed by atoms with Crippen LogP contribution in [-0.4, -0.2) is 30.7 Å². The number of carboxylic acids is 1. The quantitative estimate of drug-likeness (QED) is 0.747. The number of aromatic amines is 1. The summed E-state index contributed by atoms with van der Waals surface area (Å²) < 4.78 is 15.1. The molecule has 0 spiro atoms. The third kappa shape index (κ3) is 2.05. The molecule has 3 rings (SSSR count). The second-order valence-electron chi connectivity index (χ2n) is 4.02. The van der Waals surface area contributed by atoms with Crippen LogP contribution >= 0.6 is 0 Å². The summed E-state index contributed by atoms with van der Waals surface area (Å²) in [5, 5.41) is 11.5. The van der Waals surface area contributed by atoms with Crippen LogP contribution in [0.15, 0.2) is 30.5 Å². The van der Waals surface area contributed by atoms with Crippen molar-refractivity contribution >= 4 is 11.7 Å². The van der Waals surface area contributed by atoms with Crippen molar-refractivity contribution in [2.45, 2.75) is 6.42 Å². The van der Waals surface area contributed by atoms with Gasteiger partial charge >= 0.3 is 5.97 Å². The lowest BCUT2D eigenvalue weighted by Crippen LogP contribution is -2.00.